The summed E-state index contributed by atoms with van der Waals surface area (Å²) in [7, 11) is 0. The van der Waals surface area contributed by atoms with Crippen molar-refractivity contribution in [3.63, 3.8) is 0 Å². The molecule has 1 N–H and O–H groups in total. The average molecular weight is 260 g/mol. The average Bonchev–Trinajstić information content (AvgIpc) is 2.23. The molecule has 0 saturated heterocycles. The van der Waals surface area contributed by atoms with Gasteiger partial charge in [0.2, 0.25) is 0 Å². The second-order valence-corrected chi connectivity index (χ2v) is 6.86. The van der Waals surface area contributed by atoms with Gasteiger partial charge in [0.05, 0.1) is 0 Å². The Hall–Kier alpha value is -1.62. The number of hydrogen-bond acceptors (Lipinski definition) is 2. The summed E-state index contributed by atoms with van der Waals surface area (Å²) in [5.41, 5.74) is 1.71. The second kappa shape index (κ2) is 5.17. The first-order chi connectivity index (χ1) is 8.57. The van der Waals surface area contributed by atoms with E-state index in [0.29, 0.717) is 0 Å². The zero-order valence-corrected chi connectivity index (χ0v) is 12.8. The standard InChI is InChI=1S/C17H24O2/c1-8-9-19-15-13(16(2,3)4)10-12(18)11-14(15)17(5,6)7/h1,10-11,18H,9H2,2-7H3. The number of rotatable bonds is 2. The van der Waals surface area contributed by atoms with Crippen LogP contribution in [0.15, 0.2) is 12.1 Å². The number of terminal acetylenes is 1. The van der Waals surface area contributed by atoms with Gasteiger partial charge in [0.1, 0.15) is 18.1 Å². The maximum absolute atomic E-state index is 9.97. The highest BCUT2D eigenvalue weighted by Gasteiger charge is 2.27. The third kappa shape index (κ3) is 3.67. The summed E-state index contributed by atoms with van der Waals surface area (Å²) < 4.78 is 5.78. The van der Waals surface area contributed by atoms with E-state index in [4.69, 9.17) is 11.2 Å². The molecule has 0 fully saturated rings. The number of phenols is 1. The topological polar surface area (TPSA) is 29.5 Å². The summed E-state index contributed by atoms with van der Waals surface area (Å²) in [5, 5.41) is 9.97. The maximum Gasteiger partial charge on any atom is 0.148 e. The van der Waals surface area contributed by atoms with E-state index in [9.17, 15) is 5.11 Å². The van der Waals surface area contributed by atoms with Crippen LogP contribution < -0.4 is 4.74 Å². The molecule has 0 spiro atoms. The Kier molecular flexibility index (Phi) is 4.20. The van der Waals surface area contributed by atoms with E-state index in [1.807, 2.05) is 0 Å². The molecule has 0 heterocycles. The van der Waals surface area contributed by atoms with Crippen LogP contribution in [0.1, 0.15) is 52.7 Å². The minimum atomic E-state index is -0.122. The molecule has 0 atom stereocenters. The van der Waals surface area contributed by atoms with E-state index in [2.05, 4.69) is 47.5 Å². The summed E-state index contributed by atoms with van der Waals surface area (Å²) >= 11 is 0. The Morgan fingerprint density at radius 3 is 1.79 bits per heavy atom. The predicted octanol–water partition coefficient (Wildman–Crippen LogP) is 4.00. The van der Waals surface area contributed by atoms with Crippen LogP contribution in [-0.2, 0) is 10.8 Å². The van der Waals surface area contributed by atoms with Gasteiger partial charge in [-0.15, -0.1) is 6.42 Å². The molecule has 104 valence electrons. The van der Waals surface area contributed by atoms with Crippen molar-refractivity contribution in [2.45, 2.75) is 52.4 Å². The molecule has 0 aliphatic rings. The van der Waals surface area contributed by atoms with Crippen LogP contribution >= 0.6 is 0 Å². The summed E-state index contributed by atoms with van der Waals surface area (Å²) in [6.45, 7) is 12.8. The van der Waals surface area contributed by atoms with Crippen LogP contribution in [0.4, 0.5) is 0 Å². The van der Waals surface area contributed by atoms with Gasteiger partial charge in [0.15, 0.2) is 0 Å². The molecule has 0 radical (unpaired) electrons. The number of aromatic hydroxyl groups is 1. The minimum Gasteiger partial charge on any atom is -0.508 e. The normalized spacial score (nSPS) is 12.1. The highest BCUT2D eigenvalue weighted by atomic mass is 16.5. The highest BCUT2D eigenvalue weighted by molar-refractivity contribution is 5.52. The van der Waals surface area contributed by atoms with Crippen molar-refractivity contribution in [1.29, 1.82) is 0 Å². The molecular weight excluding hydrogens is 236 g/mol. The molecule has 2 heteroatoms. The van der Waals surface area contributed by atoms with Crippen LogP contribution in [-0.4, -0.2) is 11.7 Å². The number of hydrogen-bond donors (Lipinski definition) is 1. The van der Waals surface area contributed by atoms with E-state index in [1.165, 1.54) is 0 Å². The Labute approximate surface area is 116 Å². The van der Waals surface area contributed by atoms with Crippen molar-refractivity contribution in [2.75, 3.05) is 6.61 Å². The van der Waals surface area contributed by atoms with Crippen LogP contribution in [0.3, 0.4) is 0 Å². The zero-order chi connectivity index (χ0) is 14.8. The Bertz CT molecular complexity index is 458. The monoisotopic (exact) mass is 260 g/mol. The van der Waals surface area contributed by atoms with Gasteiger partial charge in [-0.1, -0.05) is 47.5 Å². The molecular formula is C17H24O2. The molecule has 2 nitrogen and oxygen atoms in total. The van der Waals surface area contributed by atoms with Crippen molar-refractivity contribution >= 4 is 0 Å². The van der Waals surface area contributed by atoms with Crippen LogP contribution in [0.2, 0.25) is 0 Å². The molecule has 19 heavy (non-hydrogen) atoms. The summed E-state index contributed by atoms with van der Waals surface area (Å²) in [6.07, 6.45) is 5.30. The lowest BCUT2D eigenvalue weighted by atomic mass is 9.79. The molecule has 0 aliphatic heterocycles. The first-order valence-electron chi connectivity index (χ1n) is 6.51. The molecule has 1 rings (SSSR count). The van der Waals surface area contributed by atoms with Crippen molar-refractivity contribution < 1.29 is 9.84 Å². The van der Waals surface area contributed by atoms with Crippen molar-refractivity contribution in [3.05, 3.63) is 23.3 Å². The number of benzene rings is 1. The lowest BCUT2D eigenvalue weighted by Crippen LogP contribution is -2.19. The lowest BCUT2D eigenvalue weighted by molar-refractivity contribution is 0.343. The van der Waals surface area contributed by atoms with E-state index in [0.717, 1.165) is 16.9 Å². The largest absolute Gasteiger partial charge is 0.508 e. The third-order valence-corrected chi connectivity index (χ3v) is 2.99. The van der Waals surface area contributed by atoms with Crippen molar-refractivity contribution in [3.8, 4) is 23.8 Å². The lowest BCUT2D eigenvalue weighted by Gasteiger charge is -2.29. The Morgan fingerprint density at radius 2 is 1.47 bits per heavy atom. The fourth-order valence-corrected chi connectivity index (χ4v) is 2.00. The molecule has 0 saturated carbocycles. The van der Waals surface area contributed by atoms with Gasteiger partial charge in [0.25, 0.3) is 0 Å². The first kappa shape index (κ1) is 15.4. The number of ether oxygens (including phenoxy) is 1. The fraction of sp³-hybridized carbons (Fsp3) is 0.529. The third-order valence-electron chi connectivity index (χ3n) is 2.99. The molecule has 0 unspecified atom stereocenters. The van der Waals surface area contributed by atoms with Gasteiger partial charge < -0.3 is 9.84 Å². The molecule has 1 aromatic rings. The molecule has 0 aromatic heterocycles. The quantitative estimate of drug-likeness (QED) is 0.814. The second-order valence-electron chi connectivity index (χ2n) is 6.86. The van der Waals surface area contributed by atoms with Crippen LogP contribution in [0, 0.1) is 12.3 Å². The van der Waals surface area contributed by atoms with E-state index in [-0.39, 0.29) is 23.2 Å². The summed E-state index contributed by atoms with van der Waals surface area (Å²) in [4.78, 5) is 0. The van der Waals surface area contributed by atoms with Gasteiger partial charge in [-0.05, 0) is 23.0 Å². The van der Waals surface area contributed by atoms with E-state index < -0.39 is 0 Å². The van der Waals surface area contributed by atoms with Crippen LogP contribution in [0.25, 0.3) is 0 Å². The Balaban J connectivity index is 3.54. The van der Waals surface area contributed by atoms with Gasteiger partial charge in [-0.25, -0.2) is 0 Å². The Morgan fingerprint density at radius 1 is 1.05 bits per heavy atom. The van der Waals surface area contributed by atoms with Crippen molar-refractivity contribution in [2.24, 2.45) is 0 Å². The van der Waals surface area contributed by atoms with Gasteiger partial charge >= 0.3 is 0 Å². The molecule has 1 aromatic carbocycles. The predicted molar refractivity (Wildman–Crippen MR) is 79.8 cm³/mol. The molecule has 0 amide bonds. The van der Waals surface area contributed by atoms with Crippen LogP contribution in [0.5, 0.6) is 11.5 Å². The van der Waals surface area contributed by atoms with Gasteiger partial charge in [-0.3, -0.25) is 0 Å². The maximum atomic E-state index is 9.97. The van der Waals surface area contributed by atoms with E-state index in [1.54, 1.807) is 12.1 Å². The van der Waals surface area contributed by atoms with Gasteiger partial charge in [-0.2, -0.15) is 0 Å². The molecule has 0 aliphatic carbocycles. The van der Waals surface area contributed by atoms with Gasteiger partial charge in [0, 0.05) is 11.1 Å². The van der Waals surface area contributed by atoms with E-state index >= 15 is 0 Å². The smallest absolute Gasteiger partial charge is 0.148 e. The molecule has 0 bridgehead atoms. The number of phenolic OH excluding ortho intramolecular Hbond substituents is 1. The first-order valence-corrected chi connectivity index (χ1v) is 6.51. The highest BCUT2D eigenvalue weighted by Crippen LogP contribution is 2.42. The summed E-state index contributed by atoms with van der Waals surface area (Å²) in [6, 6.07) is 3.53. The zero-order valence-electron chi connectivity index (χ0n) is 12.8. The van der Waals surface area contributed by atoms with Crippen molar-refractivity contribution in [1.82, 2.24) is 0 Å². The summed E-state index contributed by atoms with van der Waals surface area (Å²) in [5.74, 6) is 3.57. The minimum absolute atomic E-state index is 0.122. The fourth-order valence-electron chi connectivity index (χ4n) is 2.00. The SMILES string of the molecule is C#CCOc1c(C(C)(C)C)cc(O)cc1C(C)(C)C.